The van der Waals surface area contributed by atoms with E-state index in [1.165, 1.54) is 0 Å². The zero-order valence-corrected chi connectivity index (χ0v) is 6.33. The Morgan fingerprint density at radius 2 is 2.00 bits per heavy atom. The molecule has 0 aliphatic carbocycles. The molecule has 0 aromatic rings. The van der Waals surface area contributed by atoms with Crippen molar-refractivity contribution in [1.82, 2.24) is 5.01 Å². The fourth-order valence-corrected chi connectivity index (χ4v) is 0.462. The molecule has 0 spiro atoms. The average molecular weight is 178 g/mol. The van der Waals surface area contributed by atoms with Gasteiger partial charge in [0, 0.05) is 0 Å². The first-order valence-electron chi connectivity index (χ1n) is 3.08. The maximum Gasteiger partial charge on any atom is 0.269 e. The third kappa shape index (κ3) is 2.72. The lowest BCUT2D eigenvalue weighted by atomic mass is 10.4. The molecule has 7 N–H and O–H groups in total. The van der Waals surface area contributed by atoms with Gasteiger partial charge in [-0.2, -0.15) is 4.39 Å². The van der Waals surface area contributed by atoms with E-state index in [2.05, 4.69) is 5.73 Å². The Hall–Kier alpha value is -1.34. The maximum absolute atomic E-state index is 12.8. The molecule has 12 heavy (non-hydrogen) atoms. The van der Waals surface area contributed by atoms with E-state index >= 15 is 0 Å². The summed E-state index contributed by atoms with van der Waals surface area (Å²) in [5.74, 6) is 2.78. The Morgan fingerprint density at radius 1 is 1.50 bits per heavy atom. The second-order valence-corrected chi connectivity index (χ2v) is 1.99. The van der Waals surface area contributed by atoms with Gasteiger partial charge in [-0.15, -0.1) is 0 Å². The summed E-state index contributed by atoms with van der Waals surface area (Å²) in [5, 5.41) is 8.84. The van der Waals surface area contributed by atoms with E-state index < -0.39 is 17.6 Å². The summed E-state index contributed by atoms with van der Waals surface area (Å²) >= 11 is 0. The first-order chi connectivity index (χ1) is 5.50. The number of nitrogens with two attached hydrogens (primary N) is 3. The van der Waals surface area contributed by atoms with Crippen molar-refractivity contribution in [3.8, 4) is 0 Å². The molecule has 0 aromatic heterocycles. The molecular weight excluding hydrogens is 167 g/mol. The Kier molecular flexibility index (Phi) is 4.02. The summed E-state index contributed by atoms with van der Waals surface area (Å²) in [4.78, 5) is 10.3. The zero-order valence-electron chi connectivity index (χ0n) is 6.33. The van der Waals surface area contributed by atoms with Gasteiger partial charge in [-0.25, -0.2) is 5.84 Å². The zero-order chi connectivity index (χ0) is 9.72. The molecule has 0 saturated heterocycles. The summed E-state index contributed by atoms with van der Waals surface area (Å²) in [7, 11) is 0. The highest BCUT2D eigenvalue weighted by Gasteiger charge is 2.12. The number of rotatable bonds is 4. The van der Waals surface area contributed by atoms with E-state index in [1.54, 1.807) is 0 Å². The van der Waals surface area contributed by atoms with Gasteiger partial charge in [-0.3, -0.25) is 9.80 Å². The number of aliphatic hydroxyl groups excluding tert-OH is 1. The Balaban J connectivity index is 4.43. The number of primary amides is 1. The molecule has 1 amide bonds. The fourth-order valence-electron chi connectivity index (χ4n) is 0.462. The third-order valence-corrected chi connectivity index (χ3v) is 1.08. The summed E-state index contributed by atoms with van der Waals surface area (Å²) in [6, 6.07) is 0. The number of aliphatic hydroxyl groups is 1. The highest BCUT2D eigenvalue weighted by molar-refractivity contribution is 5.91. The van der Waals surface area contributed by atoms with E-state index in [0.717, 1.165) is 0 Å². The summed E-state index contributed by atoms with van der Waals surface area (Å²) < 4.78 is 12.8. The molecule has 0 atom stereocenters. The molecule has 0 saturated carbocycles. The van der Waals surface area contributed by atoms with Crippen LogP contribution in [0, 0.1) is 0 Å². The van der Waals surface area contributed by atoms with E-state index in [0.29, 0.717) is 5.01 Å². The number of hydrogen-bond donors (Lipinski definition) is 4. The van der Waals surface area contributed by atoms with E-state index in [9.17, 15) is 9.18 Å². The summed E-state index contributed by atoms with van der Waals surface area (Å²) in [6.07, 6.45) is 0. The number of halogens is 1. The largest absolute Gasteiger partial charge is 0.394 e. The van der Waals surface area contributed by atoms with Gasteiger partial charge in [0.1, 0.15) is 0 Å². The number of hydrogen-bond acceptors (Lipinski definition) is 5. The molecule has 0 rings (SSSR count). The first kappa shape index (κ1) is 10.7. The molecule has 0 aliphatic heterocycles. The van der Waals surface area contributed by atoms with Gasteiger partial charge in [-0.1, -0.05) is 0 Å². The molecule has 0 aromatic carbocycles. The van der Waals surface area contributed by atoms with Gasteiger partial charge in [0.15, 0.2) is 5.70 Å². The molecule has 70 valence electrons. The van der Waals surface area contributed by atoms with Crippen LogP contribution >= 0.6 is 0 Å². The van der Waals surface area contributed by atoms with Crippen LogP contribution in [0.2, 0.25) is 0 Å². The predicted molar refractivity (Wildman–Crippen MR) is 39.5 cm³/mol. The average Bonchev–Trinajstić information content (AvgIpc) is 2.02. The van der Waals surface area contributed by atoms with Crippen LogP contribution in [0.1, 0.15) is 0 Å². The second-order valence-electron chi connectivity index (χ2n) is 1.99. The lowest BCUT2D eigenvalue weighted by Gasteiger charge is -2.14. The standard InChI is InChI=1S/C5H11FN4O2/c6-4(3(7)5(8)12)10(9)1-2-11/h11H,1-2,7,9H2,(H2,8,12)/b4-3-. The van der Waals surface area contributed by atoms with Crippen molar-refractivity contribution in [2.24, 2.45) is 17.3 Å². The van der Waals surface area contributed by atoms with Gasteiger partial charge in [0.2, 0.25) is 5.95 Å². The third-order valence-electron chi connectivity index (χ3n) is 1.08. The minimum absolute atomic E-state index is 0.167. The number of hydrazine groups is 1. The molecule has 7 heteroatoms. The Morgan fingerprint density at radius 3 is 2.33 bits per heavy atom. The van der Waals surface area contributed by atoms with Crippen LogP contribution in [-0.4, -0.2) is 29.2 Å². The molecule has 0 heterocycles. The maximum atomic E-state index is 12.8. The van der Waals surface area contributed by atoms with E-state index in [1.807, 2.05) is 0 Å². The molecule has 0 radical (unpaired) electrons. The molecular formula is C5H11FN4O2. The molecule has 0 aliphatic rings. The van der Waals surface area contributed by atoms with Gasteiger partial charge < -0.3 is 16.6 Å². The normalized spacial score (nSPS) is 12.2. The predicted octanol–water partition coefficient (Wildman–Crippen LogP) is -2.26. The van der Waals surface area contributed by atoms with Crippen LogP contribution in [0.5, 0.6) is 0 Å². The van der Waals surface area contributed by atoms with E-state index in [4.69, 9.17) is 16.7 Å². The molecule has 6 nitrogen and oxygen atoms in total. The van der Waals surface area contributed by atoms with Crippen LogP contribution < -0.4 is 17.3 Å². The van der Waals surface area contributed by atoms with Crippen molar-refractivity contribution in [2.45, 2.75) is 0 Å². The fraction of sp³-hybridized carbons (Fsp3) is 0.400. The van der Waals surface area contributed by atoms with Crippen molar-refractivity contribution >= 4 is 5.91 Å². The number of carbonyl (C=O) groups excluding carboxylic acids is 1. The van der Waals surface area contributed by atoms with Crippen LogP contribution in [0.25, 0.3) is 0 Å². The van der Waals surface area contributed by atoms with Gasteiger partial charge in [-0.05, 0) is 0 Å². The summed E-state index contributed by atoms with van der Waals surface area (Å²) in [6.45, 7) is -0.518. The molecule has 0 bridgehead atoms. The quantitative estimate of drug-likeness (QED) is 0.168. The SMILES string of the molecule is NC(=O)/C(N)=C(\F)N(N)CCO. The Bertz CT molecular complexity index is 206. The van der Waals surface area contributed by atoms with Crippen molar-refractivity contribution in [2.75, 3.05) is 13.2 Å². The minimum Gasteiger partial charge on any atom is -0.394 e. The van der Waals surface area contributed by atoms with Crippen LogP contribution in [0.3, 0.4) is 0 Å². The smallest absolute Gasteiger partial charge is 0.269 e. The lowest BCUT2D eigenvalue weighted by Crippen LogP contribution is -2.35. The topological polar surface area (TPSA) is 119 Å². The monoisotopic (exact) mass is 178 g/mol. The van der Waals surface area contributed by atoms with Crippen molar-refractivity contribution in [3.63, 3.8) is 0 Å². The van der Waals surface area contributed by atoms with Gasteiger partial charge >= 0.3 is 0 Å². The molecule has 0 fully saturated rings. The van der Waals surface area contributed by atoms with Crippen LogP contribution in [0.15, 0.2) is 11.6 Å². The number of carbonyl (C=O) groups is 1. The number of nitrogens with zero attached hydrogens (tertiary/aromatic N) is 1. The first-order valence-corrected chi connectivity index (χ1v) is 3.08. The summed E-state index contributed by atoms with van der Waals surface area (Å²) in [5.41, 5.74) is 8.82. The van der Waals surface area contributed by atoms with Crippen molar-refractivity contribution in [1.29, 1.82) is 0 Å². The van der Waals surface area contributed by atoms with E-state index in [-0.39, 0.29) is 13.2 Å². The Labute approximate surface area is 68.4 Å². The molecule has 0 unspecified atom stereocenters. The minimum atomic E-state index is -1.14. The van der Waals surface area contributed by atoms with Crippen LogP contribution in [0.4, 0.5) is 4.39 Å². The number of amides is 1. The van der Waals surface area contributed by atoms with Gasteiger partial charge in [0.05, 0.1) is 13.2 Å². The van der Waals surface area contributed by atoms with Crippen molar-refractivity contribution < 1.29 is 14.3 Å². The highest BCUT2D eigenvalue weighted by atomic mass is 19.1. The van der Waals surface area contributed by atoms with Crippen LogP contribution in [-0.2, 0) is 4.79 Å². The second kappa shape index (κ2) is 4.52. The van der Waals surface area contributed by atoms with Crippen molar-refractivity contribution in [3.05, 3.63) is 11.6 Å². The lowest BCUT2D eigenvalue weighted by molar-refractivity contribution is -0.114. The highest BCUT2D eigenvalue weighted by Crippen LogP contribution is 2.02. The van der Waals surface area contributed by atoms with Gasteiger partial charge in [0.25, 0.3) is 5.91 Å².